The summed E-state index contributed by atoms with van der Waals surface area (Å²) in [7, 11) is 0. The van der Waals surface area contributed by atoms with Gasteiger partial charge in [0.15, 0.2) is 5.69 Å². The minimum atomic E-state index is -0.258. The molecule has 0 aliphatic carbocycles. The number of nitrogens with zero attached hydrogens (tertiary/aromatic N) is 3. The minimum Gasteiger partial charge on any atom is -0.389 e. The van der Waals surface area contributed by atoms with Crippen molar-refractivity contribution in [2.24, 2.45) is 0 Å². The summed E-state index contributed by atoms with van der Waals surface area (Å²) >= 11 is 0. The van der Waals surface area contributed by atoms with Crippen LogP contribution in [0.3, 0.4) is 0 Å². The lowest BCUT2D eigenvalue weighted by Gasteiger charge is -2.37. The van der Waals surface area contributed by atoms with Crippen LogP contribution in [0.5, 0.6) is 0 Å². The molecule has 66 valence electrons. The van der Waals surface area contributed by atoms with Gasteiger partial charge in [-0.25, -0.2) is 4.98 Å². The van der Waals surface area contributed by atoms with E-state index in [1.54, 1.807) is 12.3 Å². The van der Waals surface area contributed by atoms with Gasteiger partial charge in [0.2, 0.25) is 0 Å². The third kappa shape index (κ3) is 1.34. The summed E-state index contributed by atoms with van der Waals surface area (Å²) in [6.07, 6.45) is 1.34. The average Bonchev–Trinajstić information content (AvgIpc) is 2.13. The minimum absolute atomic E-state index is 0.258. The van der Waals surface area contributed by atoms with Gasteiger partial charge in [0.25, 0.3) is 0 Å². The van der Waals surface area contributed by atoms with Crippen LogP contribution in [0.2, 0.25) is 0 Å². The Balaban J connectivity index is 2.26. The van der Waals surface area contributed by atoms with Gasteiger partial charge in [-0.15, -0.1) is 0 Å². The van der Waals surface area contributed by atoms with Crippen molar-refractivity contribution < 1.29 is 5.11 Å². The molecule has 0 spiro atoms. The zero-order valence-corrected chi connectivity index (χ0v) is 7.01. The molecule has 0 aromatic carbocycles. The van der Waals surface area contributed by atoms with Crippen LogP contribution in [0.15, 0.2) is 18.3 Å². The Hall–Kier alpha value is -1.60. The molecule has 1 N–H and O–H groups in total. The maximum Gasteiger partial charge on any atom is 0.163 e. The zero-order chi connectivity index (χ0) is 9.26. The Morgan fingerprint density at radius 1 is 1.62 bits per heavy atom. The summed E-state index contributed by atoms with van der Waals surface area (Å²) in [5.41, 5.74) is 1.24. The van der Waals surface area contributed by atoms with E-state index in [9.17, 15) is 0 Å². The Morgan fingerprint density at radius 3 is 3.00 bits per heavy atom. The molecular weight excluding hydrogens is 166 g/mol. The number of aliphatic hydroxyl groups is 1. The van der Waals surface area contributed by atoms with E-state index in [0.29, 0.717) is 18.8 Å². The second-order valence-electron chi connectivity index (χ2n) is 3.04. The molecule has 1 aliphatic heterocycles. The normalized spacial score (nSPS) is 16.5. The molecule has 13 heavy (non-hydrogen) atoms. The molecular formula is C9H9N3O. The fraction of sp³-hybridized carbons (Fsp3) is 0.333. The molecule has 2 heterocycles. The van der Waals surface area contributed by atoms with Gasteiger partial charge in [0.1, 0.15) is 6.07 Å². The molecule has 4 nitrogen and oxygen atoms in total. The van der Waals surface area contributed by atoms with Gasteiger partial charge < -0.3 is 10.0 Å². The molecule has 1 saturated heterocycles. The van der Waals surface area contributed by atoms with Gasteiger partial charge in [-0.2, -0.15) is 5.26 Å². The van der Waals surface area contributed by atoms with Gasteiger partial charge in [0, 0.05) is 19.3 Å². The van der Waals surface area contributed by atoms with Crippen molar-refractivity contribution in [2.75, 3.05) is 18.0 Å². The molecule has 0 unspecified atom stereocenters. The van der Waals surface area contributed by atoms with E-state index in [1.165, 1.54) is 0 Å². The summed E-state index contributed by atoms with van der Waals surface area (Å²) in [6.45, 7) is 1.20. The molecule has 1 aliphatic rings. The smallest absolute Gasteiger partial charge is 0.163 e. The fourth-order valence-electron chi connectivity index (χ4n) is 1.39. The van der Waals surface area contributed by atoms with Crippen molar-refractivity contribution in [3.05, 3.63) is 24.0 Å². The Kier molecular flexibility index (Phi) is 1.87. The highest BCUT2D eigenvalue weighted by Crippen LogP contribution is 2.22. The molecule has 2 rings (SSSR count). The second kappa shape index (κ2) is 3.04. The van der Waals surface area contributed by atoms with Crippen LogP contribution in [0.1, 0.15) is 5.69 Å². The Labute approximate surface area is 76.1 Å². The first-order valence-electron chi connectivity index (χ1n) is 4.09. The largest absolute Gasteiger partial charge is 0.389 e. The number of pyridine rings is 1. The maximum atomic E-state index is 9.10. The maximum absolute atomic E-state index is 9.10. The first-order valence-corrected chi connectivity index (χ1v) is 4.09. The quantitative estimate of drug-likeness (QED) is 0.659. The standard InChI is InChI=1S/C9H9N3O/c10-4-8-9(2-1-3-11-8)12-5-7(13)6-12/h1-3,7,13H,5-6H2. The van der Waals surface area contributed by atoms with Crippen molar-refractivity contribution in [3.63, 3.8) is 0 Å². The summed E-state index contributed by atoms with van der Waals surface area (Å²) < 4.78 is 0. The van der Waals surface area contributed by atoms with Crippen LogP contribution < -0.4 is 4.90 Å². The first kappa shape index (κ1) is 8.02. The number of rotatable bonds is 1. The average molecular weight is 175 g/mol. The molecule has 0 amide bonds. The van der Waals surface area contributed by atoms with Crippen LogP contribution >= 0.6 is 0 Å². The van der Waals surface area contributed by atoms with Crippen molar-refractivity contribution in [1.29, 1.82) is 5.26 Å². The first-order chi connectivity index (χ1) is 6.31. The summed E-state index contributed by atoms with van der Waals surface area (Å²) in [5, 5.41) is 17.8. The second-order valence-corrected chi connectivity index (χ2v) is 3.04. The predicted octanol–water partition coefficient (Wildman–Crippen LogP) is 0.134. The topological polar surface area (TPSA) is 60.2 Å². The number of aromatic nitrogens is 1. The monoisotopic (exact) mass is 175 g/mol. The lowest BCUT2D eigenvalue weighted by Crippen LogP contribution is -2.51. The third-order valence-corrected chi connectivity index (χ3v) is 2.10. The van der Waals surface area contributed by atoms with E-state index in [4.69, 9.17) is 10.4 Å². The Morgan fingerprint density at radius 2 is 2.38 bits per heavy atom. The predicted molar refractivity (Wildman–Crippen MR) is 47.2 cm³/mol. The number of aliphatic hydroxyl groups excluding tert-OH is 1. The van der Waals surface area contributed by atoms with Crippen molar-refractivity contribution in [1.82, 2.24) is 4.98 Å². The van der Waals surface area contributed by atoms with Crippen LogP contribution in [0.25, 0.3) is 0 Å². The van der Waals surface area contributed by atoms with Gasteiger partial charge in [-0.1, -0.05) is 0 Å². The zero-order valence-electron chi connectivity index (χ0n) is 7.01. The van der Waals surface area contributed by atoms with E-state index in [0.717, 1.165) is 5.69 Å². The highest BCUT2D eigenvalue weighted by Gasteiger charge is 2.26. The number of hydrogen-bond donors (Lipinski definition) is 1. The molecule has 1 fully saturated rings. The van der Waals surface area contributed by atoms with Crippen molar-refractivity contribution >= 4 is 5.69 Å². The number of β-amino-alcohol motifs (C(OH)–C–C–N with tert-alkyl or cyclic N) is 1. The summed E-state index contributed by atoms with van der Waals surface area (Å²) in [6, 6.07) is 5.66. The van der Waals surface area contributed by atoms with E-state index in [2.05, 4.69) is 4.98 Å². The SMILES string of the molecule is N#Cc1ncccc1N1CC(O)C1. The molecule has 0 bridgehead atoms. The fourth-order valence-corrected chi connectivity index (χ4v) is 1.39. The molecule has 1 aromatic heterocycles. The van der Waals surface area contributed by atoms with Gasteiger partial charge in [-0.3, -0.25) is 0 Å². The van der Waals surface area contributed by atoms with E-state index < -0.39 is 0 Å². The van der Waals surface area contributed by atoms with E-state index in [1.807, 2.05) is 17.0 Å². The van der Waals surface area contributed by atoms with Crippen molar-refractivity contribution in [2.45, 2.75) is 6.10 Å². The molecule has 0 saturated carbocycles. The van der Waals surface area contributed by atoms with Crippen LogP contribution in [0, 0.1) is 11.3 Å². The van der Waals surface area contributed by atoms with Crippen LogP contribution in [-0.2, 0) is 0 Å². The highest BCUT2D eigenvalue weighted by molar-refractivity contribution is 5.57. The molecule has 0 radical (unpaired) electrons. The summed E-state index contributed by atoms with van der Waals surface area (Å²) in [4.78, 5) is 5.88. The van der Waals surface area contributed by atoms with Gasteiger partial charge in [0.05, 0.1) is 11.8 Å². The van der Waals surface area contributed by atoms with E-state index in [-0.39, 0.29) is 6.10 Å². The van der Waals surface area contributed by atoms with Gasteiger partial charge in [-0.05, 0) is 12.1 Å². The Bertz CT molecular complexity index is 352. The van der Waals surface area contributed by atoms with Crippen molar-refractivity contribution in [3.8, 4) is 6.07 Å². The van der Waals surface area contributed by atoms with Gasteiger partial charge >= 0.3 is 0 Å². The summed E-state index contributed by atoms with van der Waals surface area (Å²) in [5.74, 6) is 0. The number of hydrogen-bond acceptors (Lipinski definition) is 4. The molecule has 4 heteroatoms. The molecule has 0 atom stereocenters. The third-order valence-electron chi connectivity index (χ3n) is 2.10. The highest BCUT2D eigenvalue weighted by atomic mass is 16.3. The van der Waals surface area contributed by atoms with E-state index >= 15 is 0 Å². The van der Waals surface area contributed by atoms with Crippen LogP contribution in [0.4, 0.5) is 5.69 Å². The lowest BCUT2D eigenvalue weighted by atomic mass is 10.1. The number of anilines is 1. The lowest BCUT2D eigenvalue weighted by molar-refractivity contribution is 0.142. The number of nitriles is 1. The van der Waals surface area contributed by atoms with Crippen LogP contribution in [-0.4, -0.2) is 29.3 Å². The molecule has 1 aromatic rings.